The number of rotatable bonds is 6. The molecule has 2 N–H and O–H groups in total. The highest BCUT2D eigenvalue weighted by Crippen LogP contribution is 2.28. The Morgan fingerprint density at radius 1 is 1.46 bits per heavy atom. The van der Waals surface area contributed by atoms with Crippen LogP contribution < -0.4 is 10.6 Å². The molecule has 0 bridgehead atoms. The minimum atomic E-state index is -0.0716. The minimum Gasteiger partial charge on any atom is -0.353 e. The van der Waals surface area contributed by atoms with Crippen LogP contribution in [-0.4, -0.2) is 65.9 Å². The van der Waals surface area contributed by atoms with Crippen LogP contribution >= 0.6 is 11.3 Å². The number of likely N-dealkylation sites (N-methyl/N-ethyl adjacent to an activating group) is 1. The molecule has 3 atom stereocenters. The Labute approximate surface area is 159 Å². The van der Waals surface area contributed by atoms with E-state index in [2.05, 4.69) is 41.3 Å². The summed E-state index contributed by atoms with van der Waals surface area (Å²) in [5, 5.41) is 8.11. The summed E-state index contributed by atoms with van der Waals surface area (Å²) in [6.07, 6.45) is 2.26. The molecule has 0 unspecified atom stereocenters. The van der Waals surface area contributed by atoms with Crippen molar-refractivity contribution in [2.75, 3.05) is 20.1 Å². The first-order chi connectivity index (χ1) is 12.5. The van der Waals surface area contributed by atoms with E-state index in [9.17, 15) is 9.59 Å². The number of carbonyl (C=O) groups excluding carboxylic acids is 2. The third-order valence-corrected chi connectivity index (χ3v) is 6.57. The fraction of sp³-hybridized carbons (Fsp3) is 0.684. The van der Waals surface area contributed by atoms with Gasteiger partial charge in [-0.3, -0.25) is 19.4 Å². The third kappa shape index (κ3) is 4.27. The number of nitrogens with zero attached hydrogens (tertiary/aromatic N) is 2. The standard InChI is InChI=1S/C19H30N4O2S/c1-13(2)23-9-8-16-18(23)19(25)21-11-14(22(16)3)6-7-17(24)20-12-15-5-4-10-26-15/h4-5,10,13-14,16,18H,6-9,11-12H2,1-3H3,(H,20,24)(H,21,25)/t14-,16+,18-/m0/s1. The first-order valence-corrected chi connectivity index (χ1v) is 10.4. The number of likely N-dealkylation sites (tertiary alicyclic amines) is 1. The van der Waals surface area contributed by atoms with Crippen LogP contribution in [0, 0.1) is 0 Å². The van der Waals surface area contributed by atoms with Crippen molar-refractivity contribution in [3.05, 3.63) is 22.4 Å². The predicted molar refractivity (Wildman–Crippen MR) is 104 cm³/mol. The number of thiophene rings is 1. The van der Waals surface area contributed by atoms with Gasteiger partial charge in [-0.05, 0) is 45.2 Å². The van der Waals surface area contributed by atoms with Crippen molar-refractivity contribution in [3.63, 3.8) is 0 Å². The number of amides is 2. The molecule has 0 aliphatic carbocycles. The Kier molecular flexibility index (Phi) is 6.32. The molecule has 26 heavy (non-hydrogen) atoms. The van der Waals surface area contributed by atoms with Crippen molar-refractivity contribution in [1.29, 1.82) is 0 Å². The van der Waals surface area contributed by atoms with Gasteiger partial charge >= 0.3 is 0 Å². The molecule has 7 heteroatoms. The molecule has 2 fully saturated rings. The van der Waals surface area contributed by atoms with Crippen molar-refractivity contribution in [1.82, 2.24) is 20.4 Å². The van der Waals surface area contributed by atoms with Gasteiger partial charge in [0.05, 0.1) is 6.54 Å². The molecule has 144 valence electrons. The summed E-state index contributed by atoms with van der Waals surface area (Å²) in [4.78, 5) is 30.6. The summed E-state index contributed by atoms with van der Waals surface area (Å²) in [6, 6.07) is 4.75. The highest BCUT2D eigenvalue weighted by molar-refractivity contribution is 7.09. The van der Waals surface area contributed by atoms with Gasteiger partial charge in [-0.15, -0.1) is 11.3 Å². The number of hydrogen-bond acceptors (Lipinski definition) is 5. The Morgan fingerprint density at radius 3 is 2.96 bits per heavy atom. The van der Waals surface area contributed by atoms with Gasteiger partial charge in [0.1, 0.15) is 6.04 Å². The fourth-order valence-corrected chi connectivity index (χ4v) is 4.80. The van der Waals surface area contributed by atoms with E-state index in [1.54, 1.807) is 11.3 Å². The van der Waals surface area contributed by atoms with Gasteiger partial charge in [-0.2, -0.15) is 0 Å². The summed E-state index contributed by atoms with van der Waals surface area (Å²) in [6.45, 7) is 6.47. The van der Waals surface area contributed by atoms with Crippen LogP contribution in [0.4, 0.5) is 0 Å². The molecule has 2 saturated heterocycles. The van der Waals surface area contributed by atoms with E-state index in [0.717, 1.165) is 19.4 Å². The maximum absolute atomic E-state index is 12.6. The second-order valence-corrected chi connectivity index (χ2v) is 8.62. The Balaban J connectivity index is 1.54. The molecule has 2 aliphatic rings. The molecule has 6 nitrogen and oxygen atoms in total. The van der Waals surface area contributed by atoms with Gasteiger partial charge in [-0.1, -0.05) is 6.07 Å². The topological polar surface area (TPSA) is 64.7 Å². The van der Waals surface area contributed by atoms with E-state index in [1.807, 2.05) is 17.5 Å². The molecule has 3 heterocycles. The van der Waals surface area contributed by atoms with Crippen LogP contribution in [0.3, 0.4) is 0 Å². The Morgan fingerprint density at radius 2 is 2.27 bits per heavy atom. The van der Waals surface area contributed by atoms with Crippen molar-refractivity contribution >= 4 is 23.2 Å². The monoisotopic (exact) mass is 378 g/mol. The van der Waals surface area contributed by atoms with Crippen molar-refractivity contribution in [3.8, 4) is 0 Å². The van der Waals surface area contributed by atoms with Crippen LogP contribution in [-0.2, 0) is 16.1 Å². The minimum absolute atomic E-state index is 0.0716. The number of nitrogens with one attached hydrogen (secondary N) is 2. The Bertz CT molecular complexity index is 619. The molecule has 0 spiro atoms. The molecule has 0 aromatic carbocycles. The van der Waals surface area contributed by atoms with Crippen LogP contribution in [0.2, 0.25) is 0 Å². The third-order valence-electron chi connectivity index (χ3n) is 5.69. The predicted octanol–water partition coefficient (Wildman–Crippen LogP) is 1.43. The lowest BCUT2D eigenvalue weighted by molar-refractivity contribution is -0.126. The van der Waals surface area contributed by atoms with Gasteiger partial charge in [0, 0.05) is 42.5 Å². The summed E-state index contributed by atoms with van der Waals surface area (Å²) in [5.74, 6) is 0.215. The average molecular weight is 379 g/mol. The van der Waals surface area contributed by atoms with Gasteiger partial charge in [0.25, 0.3) is 0 Å². The number of fused-ring (bicyclic) bond motifs is 1. The van der Waals surface area contributed by atoms with Gasteiger partial charge < -0.3 is 10.6 Å². The lowest BCUT2D eigenvalue weighted by atomic mass is 10.0. The second-order valence-electron chi connectivity index (χ2n) is 7.59. The smallest absolute Gasteiger partial charge is 0.239 e. The summed E-state index contributed by atoms with van der Waals surface area (Å²) in [7, 11) is 2.11. The lowest BCUT2D eigenvalue weighted by Crippen LogP contribution is -2.51. The molecule has 2 amide bonds. The van der Waals surface area contributed by atoms with E-state index in [-0.39, 0.29) is 29.9 Å². The summed E-state index contributed by atoms with van der Waals surface area (Å²) in [5.41, 5.74) is 0. The highest BCUT2D eigenvalue weighted by atomic mass is 32.1. The number of carbonyl (C=O) groups is 2. The molecule has 0 radical (unpaired) electrons. The van der Waals surface area contributed by atoms with Crippen LogP contribution in [0.5, 0.6) is 0 Å². The summed E-state index contributed by atoms with van der Waals surface area (Å²) < 4.78 is 0. The van der Waals surface area contributed by atoms with Crippen LogP contribution in [0.25, 0.3) is 0 Å². The van der Waals surface area contributed by atoms with E-state index in [4.69, 9.17) is 0 Å². The van der Waals surface area contributed by atoms with Crippen LogP contribution in [0.15, 0.2) is 17.5 Å². The van der Waals surface area contributed by atoms with Gasteiger partial charge in [-0.25, -0.2) is 0 Å². The average Bonchev–Trinajstić information content (AvgIpc) is 3.26. The number of hydrogen-bond donors (Lipinski definition) is 2. The molecule has 1 aromatic rings. The lowest BCUT2D eigenvalue weighted by Gasteiger charge is -2.34. The van der Waals surface area contributed by atoms with Gasteiger partial charge in [0.15, 0.2) is 0 Å². The molecule has 3 rings (SSSR count). The van der Waals surface area contributed by atoms with E-state index >= 15 is 0 Å². The molecule has 2 aliphatic heterocycles. The van der Waals surface area contributed by atoms with E-state index in [0.29, 0.717) is 25.6 Å². The zero-order chi connectivity index (χ0) is 18.7. The Hall–Kier alpha value is -1.44. The quantitative estimate of drug-likeness (QED) is 0.786. The molecular weight excluding hydrogens is 348 g/mol. The highest BCUT2D eigenvalue weighted by Gasteiger charge is 2.45. The normalized spacial score (nSPS) is 27.2. The van der Waals surface area contributed by atoms with Crippen molar-refractivity contribution in [2.45, 2.75) is 63.8 Å². The van der Waals surface area contributed by atoms with Crippen molar-refractivity contribution < 1.29 is 9.59 Å². The van der Waals surface area contributed by atoms with Gasteiger partial charge in [0.2, 0.25) is 11.8 Å². The maximum atomic E-state index is 12.6. The first-order valence-electron chi connectivity index (χ1n) is 9.52. The van der Waals surface area contributed by atoms with Crippen LogP contribution in [0.1, 0.15) is 38.0 Å². The maximum Gasteiger partial charge on any atom is 0.239 e. The first kappa shape index (κ1) is 19.3. The largest absolute Gasteiger partial charge is 0.353 e. The zero-order valence-corrected chi connectivity index (χ0v) is 16.7. The second kappa shape index (κ2) is 8.50. The molecule has 0 saturated carbocycles. The molecule has 1 aromatic heterocycles. The van der Waals surface area contributed by atoms with E-state index in [1.165, 1.54) is 4.88 Å². The molecular formula is C19H30N4O2S. The van der Waals surface area contributed by atoms with E-state index < -0.39 is 0 Å². The zero-order valence-electron chi connectivity index (χ0n) is 15.9. The van der Waals surface area contributed by atoms with Crippen molar-refractivity contribution in [2.24, 2.45) is 0 Å². The fourth-order valence-electron chi connectivity index (χ4n) is 4.16. The summed E-state index contributed by atoms with van der Waals surface area (Å²) >= 11 is 1.65. The SMILES string of the molecule is CC(C)N1CC[C@@H]2[C@H]1C(=O)NC[C@H](CCC(=O)NCc1cccs1)N2C.